The van der Waals surface area contributed by atoms with Crippen molar-refractivity contribution in [3.05, 3.63) is 33.8 Å². The summed E-state index contributed by atoms with van der Waals surface area (Å²) in [7, 11) is 0. The number of ether oxygens (including phenoxy) is 1. The molecule has 0 heterocycles. The average Bonchev–Trinajstić information content (AvgIpc) is 2.24. The molecule has 0 amide bonds. The van der Waals surface area contributed by atoms with Crippen molar-refractivity contribution in [3.8, 4) is 0 Å². The topological polar surface area (TPSA) is 29.5 Å². The van der Waals surface area contributed by atoms with Crippen LogP contribution >= 0.6 is 15.9 Å². The minimum Gasteiger partial charge on any atom is -0.385 e. The van der Waals surface area contributed by atoms with Gasteiger partial charge in [0.15, 0.2) is 0 Å². The lowest BCUT2D eigenvalue weighted by atomic mass is 10.0. The molecule has 0 spiro atoms. The van der Waals surface area contributed by atoms with E-state index in [-0.39, 0.29) is 10.0 Å². The predicted molar refractivity (Wildman–Crippen MR) is 60.1 cm³/mol. The Hall–Kier alpha value is -0.520. The lowest BCUT2D eigenvalue weighted by Crippen LogP contribution is -2.21. The highest BCUT2D eigenvalue weighted by Crippen LogP contribution is 2.29. The molecule has 0 radical (unpaired) electrons. The summed E-state index contributed by atoms with van der Waals surface area (Å²) in [5, 5.41) is 9.78. The first-order valence-electron chi connectivity index (χ1n) is 4.92. The zero-order valence-corrected chi connectivity index (χ0v) is 10.6. The van der Waals surface area contributed by atoms with E-state index in [4.69, 9.17) is 4.74 Å². The number of hydrogen-bond acceptors (Lipinski definition) is 2. The van der Waals surface area contributed by atoms with Crippen LogP contribution in [0.25, 0.3) is 0 Å². The van der Waals surface area contributed by atoms with E-state index in [0.717, 1.165) is 6.07 Å². The number of aliphatic hydroxyl groups is 1. The van der Waals surface area contributed by atoms with Gasteiger partial charge in [-0.1, -0.05) is 0 Å². The Morgan fingerprint density at radius 3 is 2.62 bits per heavy atom. The van der Waals surface area contributed by atoms with Gasteiger partial charge in [-0.2, -0.15) is 0 Å². The number of benzene rings is 1. The minimum absolute atomic E-state index is 0.117. The molecule has 1 aromatic rings. The van der Waals surface area contributed by atoms with Crippen molar-refractivity contribution < 1.29 is 18.6 Å². The maximum Gasteiger partial charge on any atom is 0.146 e. The molecule has 16 heavy (non-hydrogen) atoms. The lowest BCUT2D eigenvalue weighted by molar-refractivity contribution is -0.0258. The van der Waals surface area contributed by atoms with Crippen LogP contribution < -0.4 is 0 Å². The van der Waals surface area contributed by atoms with Crippen LogP contribution in [0, 0.1) is 11.6 Å². The Labute approximate surface area is 101 Å². The van der Waals surface area contributed by atoms with Gasteiger partial charge < -0.3 is 9.84 Å². The van der Waals surface area contributed by atoms with Gasteiger partial charge in [-0.05, 0) is 41.9 Å². The zero-order chi connectivity index (χ0) is 12.3. The fraction of sp³-hybridized carbons (Fsp3) is 0.455. The monoisotopic (exact) mass is 294 g/mol. The number of rotatable bonds is 4. The van der Waals surface area contributed by atoms with Crippen LogP contribution in [-0.2, 0) is 4.74 Å². The summed E-state index contributed by atoms with van der Waals surface area (Å²) in [6.07, 6.45) is -1.99. The summed E-state index contributed by atoms with van der Waals surface area (Å²) in [4.78, 5) is 0. The lowest BCUT2D eigenvalue weighted by Gasteiger charge is -2.20. The van der Waals surface area contributed by atoms with E-state index in [1.54, 1.807) is 13.8 Å². The molecular formula is C11H13BrF2O2. The van der Waals surface area contributed by atoms with Crippen LogP contribution in [0.15, 0.2) is 16.6 Å². The summed E-state index contributed by atoms with van der Waals surface area (Å²) in [6.45, 7) is 3.68. The first-order valence-corrected chi connectivity index (χ1v) is 5.71. The van der Waals surface area contributed by atoms with Crippen LogP contribution in [0.2, 0.25) is 0 Å². The van der Waals surface area contributed by atoms with Gasteiger partial charge >= 0.3 is 0 Å². The van der Waals surface area contributed by atoms with E-state index in [9.17, 15) is 13.9 Å². The Balaban J connectivity index is 3.07. The molecule has 0 aliphatic rings. The Kier molecular flexibility index (Phi) is 4.83. The van der Waals surface area contributed by atoms with Gasteiger partial charge in [0.05, 0.1) is 16.1 Å². The zero-order valence-electron chi connectivity index (χ0n) is 9.01. The van der Waals surface area contributed by atoms with E-state index in [1.807, 2.05) is 0 Å². The second kappa shape index (κ2) is 5.70. The fourth-order valence-electron chi connectivity index (χ4n) is 1.40. The molecule has 0 aliphatic heterocycles. The molecule has 1 rings (SSSR count). The Morgan fingerprint density at radius 2 is 2.06 bits per heavy atom. The predicted octanol–water partition coefficient (Wildman–Crippen LogP) is 3.19. The van der Waals surface area contributed by atoms with Gasteiger partial charge in [0.1, 0.15) is 17.7 Å². The molecule has 0 bridgehead atoms. The van der Waals surface area contributed by atoms with Crippen LogP contribution in [0.1, 0.15) is 25.5 Å². The molecular weight excluding hydrogens is 282 g/mol. The van der Waals surface area contributed by atoms with Gasteiger partial charge in [-0.25, -0.2) is 8.78 Å². The van der Waals surface area contributed by atoms with E-state index in [1.165, 1.54) is 6.07 Å². The van der Waals surface area contributed by atoms with Gasteiger partial charge in [-0.3, -0.25) is 0 Å². The Morgan fingerprint density at radius 1 is 1.44 bits per heavy atom. The maximum atomic E-state index is 13.6. The van der Waals surface area contributed by atoms with Gasteiger partial charge in [0.25, 0.3) is 0 Å². The molecule has 2 unspecified atom stereocenters. The Bertz CT molecular complexity index is 371. The highest BCUT2D eigenvalue weighted by molar-refractivity contribution is 9.10. The van der Waals surface area contributed by atoms with Crippen molar-refractivity contribution in [1.82, 2.24) is 0 Å². The second-order valence-electron chi connectivity index (χ2n) is 3.36. The molecule has 0 fully saturated rings. The van der Waals surface area contributed by atoms with Crippen molar-refractivity contribution in [2.24, 2.45) is 0 Å². The van der Waals surface area contributed by atoms with Crippen molar-refractivity contribution in [1.29, 1.82) is 0 Å². The molecule has 0 aromatic heterocycles. The molecule has 5 heteroatoms. The van der Waals surface area contributed by atoms with Crippen LogP contribution in [0.3, 0.4) is 0 Å². The smallest absolute Gasteiger partial charge is 0.146 e. The first kappa shape index (κ1) is 13.5. The number of hydrogen-bond donors (Lipinski definition) is 1. The molecule has 90 valence electrons. The highest BCUT2D eigenvalue weighted by Gasteiger charge is 2.25. The molecule has 2 atom stereocenters. The summed E-state index contributed by atoms with van der Waals surface area (Å²) in [6, 6.07) is 2.36. The SMILES string of the molecule is CCOC(C)C(O)c1c(F)ccc(Br)c1F. The van der Waals surface area contributed by atoms with E-state index < -0.39 is 23.8 Å². The van der Waals surface area contributed by atoms with Gasteiger partial charge in [0, 0.05) is 6.61 Å². The van der Waals surface area contributed by atoms with Gasteiger partial charge in [0.2, 0.25) is 0 Å². The first-order chi connectivity index (χ1) is 7.49. The van der Waals surface area contributed by atoms with Crippen molar-refractivity contribution >= 4 is 15.9 Å². The third-order valence-electron chi connectivity index (χ3n) is 2.25. The largest absolute Gasteiger partial charge is 0.385 e. The quantitative estimate of drug-likeness (QED) is 0.864. The van der Waals surface area contributed by atoms with Crippen LogP contribution in [0.5, 0.6) is 0 Å². The average molecular weight is 295 g/mol. The summed E-state index contributed by atoms with van der Waals surface area (Å²) < 4.78 is 32.2. The van der Waals surface area contributed by atoms with E-state index in [0.29, 0.717) is 6.61 Å². The molecule has 1 aromatic carbocycles. The van der Waals surface area contributed by atoms with Gasteiger partial charge in [-0.15, -0.1) is 0 Å². The number of halogens is 3. The molecule has 1 N–H and O–H groups in total. The van der Waals surface area contributed by atoms with Crippen molar-refractivity contribution in [2.75, 3.05) is 6.61 Å². The van der Waals surface area contributed by atoms with Crippen LogP contribution in [-0.4, -0.2) is 17.8 Å². The van der Waals surface area contributed by atoms with Crippen LogP contribution in [0.4, 0.5) is 8.78 Å². The van der Waals surface area contributed by atoms with Crippen molar-refractivity contribution in [2.45, 2.75) is 26.1 Å². The van der Waals surface area contributed by atoms with Crippen molar-refractivity contribution in [3.63, 3.8) is 0 Å². The fourth-order valence-corrected chi connectivity index (χ4v) is 1.75. The standard InChI is InChI=1S/C11H13BrF2O2/c1-3-16-6(2)11(15)9-8(13)5-4-7(12)10(9)14/h4-6,11,15H,3H2,1-2H3. The maximum absolute atomic E-state index is 13.6. The third-order valence-corrected chi connectivity index (χ3v) is 2.86. The van der Waals surface area contributed by atoms with E-state index in [2.05, 4.69) is 15.9 Å². The van der Waals surface area contributed by atoms with E-state index >= 15 is 0 Å². The normalized spacial score (nSPS) is 14.9. The number of aliphatic hydroxyl groups excluding tert-OH is 1. The molecule has 0 aliphatic carbocycles. The summed E-state index contributed by atoms with van der Waals surface area (Å²) in [5.41, 5.74) is -0.365. The molecule has 0 saturated carbocycles. The summed E-state index contributed by atoms with van der Waals surface area (Å²) >= 11 is 2.94. The highest BCUT2D eigenvalue weighted by atomic mass is 79.9. The minimum atomic E-state index is -1.32. The third kappa shape index (κ3) is 2.78. The second-order valence-corrected chi connectivity index (χ2v) is 4.22. The molecule has 2 nitrogen and oxygen atoms in total. The molecule has 0 saturated heterocycles. The summed E-state index contributed by atoms with van der Waals surface area (Å²) in [5.74, 6) is -1.57.